The molecule has 0 aromatic carbocycles. The van der Waals surface area contributed by atoms with Crippen LogP contribution < -0.4 is 5.56 Å². The minimum absolute atomic E-state index is 0.204. The Kier molecular flexibility index (Phi) is 7.88. The Bertz CT molecular complexity index is 1730. The molecule has 5 aromatic heterocycles. The van der Waals surface area contributed by atoms with E-state index in [1.807, 2.05) is 32.9 Å². The Morgan fingerprint density at radius 1 is 1.10 bits per heavy atom. The summed E-state index contributed by atoms with van der Waals surface area (Å²) in [6.07, 6.45) is 4.13. The molecule has 0 fully saturated rings. The molecule has 0 saturated heterocycles. The summed E-state index contributed by atoms with van der Waals surface area (Å²) in [5, 5.41) is 8.85. The highest BCUT2D eigenvalue weighted by Crippen LogP contribution is 2.33. The number of nitrogens with zero attached hydrogens (tertiary/aromatic N) is 5. The molecular formula is C28H24ClN5O4S2. The van der Waals surface area contributed by atoms with Crippen molar-refractivity contribution < 1.29 is 14.1 Å². The van der Waals surface area contributed by atoms with E-state index in [0.717, 1.165) is 4.88 Å². The number of halogens is 1. The summed E-state index contributed by atoms with van der Waals surface area (Å²) in [6, 6.07) is 14.2. The van der Waals surface area contributed by atoms with Gasteiger partial charge < -0.3 is 4.52 Å². The molecule has 0 aliphatic rings. The van der Waals surface area contributed by atoms with Crippen LogP contribution in [0.3, 0.4) is 0 Å². The second kappa shape index (κ2) is 11.4. The molecule has 204 valence electrons. The van der Waals surface area contributed by atoms with Crippen molar-refractivity contribution in [2.75, 3.05) is 0 Å². The van der Waals surface area contributed by atoms with Crippen LogP contribution in [0.1, 0.15) is 40.8 Å². The third-order valence-corrected chi connectivity index (χ3v) is 8.39. The largest absolute Gasteiger partial charge is 0.364 e. The number of ketones is 1. The fraction of sp³-hybridized carbons (Fsp3) is 0.214. The highest BCUT2D eigenvalue weighted by atomic mass is 35.5. The maximum Gasteiger partial charge on any atom is 0.260 e. The quantitative estimate of drug-likeness (QED) is 0.151. The van der Waals surface area contributed by atoms with Crippen LogP contribution >= 0.6 is 34.7 Å². The van der Waals surface area contributed by atoms with Crippen LogP contribution in [0, 0.1) is 5.41 Å². The number of carbonyl (C=O) groups is 2. The number of thioether (sulfide) groups is 1. The Hall–Kier alpha value is -3.80. The van der Waals surface area contributed by atoms with E-state index >= 15 is 0 Å². The third kappa shape index (κ3) is 5.86. The van der Waals surface area contributed by atoms with Gasteiger partial charge >= 0.3 is 0 Å². The fourth-order valence-corrected chi connectivity index (χ4v) is 6.01. The molecule has 0 amide bonds. The number of hydrogen-bond acceptors (Lipinski definition) is 9. The molecule has 0 unspecified atom stereocenters. The van der Waals surface area contributed by atoms with Gasteiger partial charge in [0.1, 0.15) is 17.0 Å². The average Bonchev–Trinajstić information content (AvgIpc) is 3.69. The van der Waals surface area contributed by atoms with E-state index in [4.69, 9.17) is 16.1 Å². The van der Waals surface area contributed by atoms with Crippen LogP contribution in [0.2, 0.25) is 4.34 Å². The Morgan fingerprint density at radius 2 is 1.93 bits per heavy atom. The summed E-state index contributed by atoms with van der Waals surface area (Å²) in [7, 11) is 0. The third-order valence-electron chi connectivity index (χ3n) is 5.94. The molecule has 0 atom stereocenters. The van der Waals surface area contributed by atoms with Crippen LogP contribution in [0.5, 0.6) is 0 Å². The van der Waals surface area contributed by atoms with E-state index in [1.165, 1.54) is 44.8 Å². The van der Waals surface area contributed by atoms with Gasteiger partial charge in [-0.2, -0.15) is 9.78 Å². The molecule has 40 heavy (non-hydrogen) atoms. The number of rotatable bonds is 8. The van der Waals surface area contributed by atoms with Gasteiger partial charge in [0.25, 0.3) is 11.5 Å². The Labute approximate surface area is 242 Å². The molecule has 0 aliphatic heterocycles. The molecule has 0 saturated carbocycles. The normalized spacial score (nSPS) is 11.6. The number of aromatic nitrogens is 5. The van der Waals surface area contributed by atoms with Gasteiger partial charge in [-0.1, -0.05) is 43.6 Å². The standard InChI is InChI=1S/C28H24ClN5O4S2/c1-28(2,3)27(37)34-25(39-16-18-7-10-24(29)40-18)12-21(32-34)22-9-8-19(20-6-4-5-11-30-20)26(36)33(22)14-23(35)17-13-31-38-15-17/h4-13,15H,14,16H2,1-3H3. The number of thiophene rings is 1. The van der Waals surface area contributed by atoms with Crippen molar-refractivity contribution in [3.05, 3.63) is 92.3 Å². The first-order chi connectivity index (χ1) is 19.1. The van der Waals surface area contributed by atoms with Crippen molar-refractivity contribution >= 4 is 46.4 Å². The van der Waals surface area contributed by atoms with Gasteiger partial charge in [-0.3, -0.25) is 23.9 Å². The van der Waals surface area contributed by atoms with E-state index < -0.39 is 11.0 Å². The van der Waals surface area contributed by atoms with Gasteiger partial charge in [0.15, 0.2) is 5.78 Å². The van der Waals surface area contributed by atoms with Crippen molar-refractivity contribution in [3.8, 4) is 22.6 Å². The zero-order chi connectivity index (χ0) is 28.4. The van der Waals surface area contributed by atoms with Gasteiger partial charge in [0, 0.05) is 28.3 Å². The first-order valence-corrected chi connectivity index (χ1v) is 14.4. The van der Waals surface area contributed by atoms with Crippen LogP contribution in [-0.2, 0) is 12.3 Å². The highest BCUT2D eigenvalue weighted by Gasteiger charge is 2.28. The fourth-order valence-electron chi connectivity index (χ4n) is 3.88. The smallest absolute Gasteiger partial charge is 0.260 e. The number of Topliss-reactive ketones (excluding diaryl/α,β-unsaturated/α-hetero) is 1. The molecule has 0 spiro atoms. The minimum atomic E-state index is -0.711. The van der Waals surface area contributed by atoms with Crippen molar-refractivity contribution in [3.63, 3.8) is 0 Å². The first-order valence-electron chi connectivity index (χ1n) is 12.2. The number of hydrogen-bond donors (Lipinski definition) is 0. The summed E-state index contributed by atoms with van der Waals surface area (Å²) in [6.45, 7) is 5.17. The average molecular weight is 594 g/mol. The molecule has 0 radical (unpaired) electrons. The van der Waals surface area contributed by atoms with Gasteiger partial charge in [-0.15, -0.1) is 23.1 Å². The second-order valence-electron chi connectivity index (χ2n) is 9.90. The summed E-state index contributed by atoms with van der Waals surface area (Å²) in [5.74, 6) is 0.0132. The van der Waals surface area contributed by atoms with Gasteiger partial charge in [0.05, 0.1) is 39.6 Å². The summed E-state index contributed by atoms with van der Waals surface area (Å²) < 4.78 is 8.23. The minimum Gasteiger partial charge on any atom is -0.364 e. The van der Waals surface area contributed by atoms with E-state index in [-0.39, 0.29) is 23.8 Å². The molecule has 5 aromatic rings. The van der Waals surface area contributed by atoms with Crippen LogP contribution in [0.25, 0.3) is 22.6 Å². The lowest BCUT2D eigenvalue weighted by Gasteiger charge is -2.17. The van der Waals surface area contributed by atoms with Crippen molar-refractivity contribution in [2.24, 2.45) is 5.41 Å². The van der Waals surface area contributed by atoms with Crippen LogP contribution in [0.15, 0.2) is 81.5 Å². The predicted molar refractivity (Wildman–Crippen MR) is 155 cm³/mol. The topological polar surface area (TPSA) is 113 Å². The van der Waals surface area contributed by atoms with E-state index in [0.29, 0.717) is 37.8 Å². The van der Waals surface area contributed by atoms with Crippen molar-refractivity contribution in [1.29, 1.82) is 0 Å². The Morgan fingerprint density at radius 3 is 2.58 bits per heavy atom. The molecule has 12 heteroatoms. The maximum atomic E-state index is 13.8. The summed E-state index contributed by atoms with van der Waals surface area (Å²) in [5.41, 5.74) is 0.683. The predicted octanol–water partition coefficient (Wildman–Crippen LogP) is 6.34. The molecule has 0 bridgehead atoms. The van der Waals surface area contributed by atoms with Crippen molar-refractivity contribution in [2.45, 2.75) is 38.1 Å². The van der Waals surface area contributed by atoms with Gasteiger partial charge in [0.2, 0.25) is 0 Å². The zero-order valence-corrected chi connectivity index (χ0v) is 24.2. The van der Waals surface area contributed by atoms with Crippen molar-refractivity contribution in [1.82, 2.24) is 24.5 Å². The monoisotopic (exact) mass is 593 g/mol. The highest BCUT2D eigenvalue weighted by molar-refractivity contribution is 7.98. The second-order valence-corrected chi connectivity index (χ2v) is 12.7. The van der Waals surface area contributed by atoms with Crippen LogP contribution in [-0.4, -0.2) is 36.2 Å². The molecule has 9 nitrogen and oxygen atoms in total. The number of pyridine rings is 2. The molecule has 5 rings (SSSR count). The molecule has 0 aliphatic carbocycles. The van der Waals surface area contributed by atoms with E-state index in [2.05, 4.69) is 15.2 Å². The number of carbonyl (C=O) groups excluding carboxylic acids is 2. The molecule has 5 heterocycles. The lowest BCUT2D eigenvalue weighted by molar-refractivity contribution is 0.0736. The molecular weight excluding hydrogens is 570 g/mol. The van der Waals surface area contributed by atoms with Crippen LogP contribution in [0.4, 0.5) is 0 Å². The SMILES string of the molecule is CC(C)(C)C(=O)n1nc(-c2ccc(-c3ccccn3)c(=O)n2CC(=O)c2cnoc2)cc1SCc1ccc(Cl)s1. The lowest BCUT2D eigenvalue weighted by Crippen LogP contribution is -2.29. The summed E-state index contributed by atoms with van der Waals surface area (Å²) in [4.78, 5) is 45.6. The first kappa shape index (κ1) is 27.8. The lowest BCUT2D eigenvalue weighted by atomic mass is 9.96. The van der Waals surface area contributed by atoms with E-state index in [9.17, 15) is 14.4 Å². The molecule has 0 N–H and O–H groups in total. The Balaban J connectivity index is 1.62. The van der Waals surface area contributed by atoms with E-state index in [1.54, 1.807) is 42.6 Å². The summed E-state index contributed by atoms with van der Waals surface area (Å²) >= 11 is 9.01. The zero-order valence-electron chi connectivity index (χ0n) is 21.8. The van der Waals surface area contributed by atoms with Gasteiger partial charge in [-0.25, -0.2) is 0 Å². The maximum absolute atomic E-state index is 13.8. The van der Waals surface area contributed by atoms with Gasteiger partial charge in [-0.05, 0) is 36.4 Å².